The lowest BCUT2D eigenvalue weighted by atomic mass is 10.1. The Labute approximate surface area is 120 Å². The van der Waals surface area contributed by atoms with Crippen LogP contribution < -0.4 is 4.90 Å². The van der Waals surface area contributed by atoms with Crippen molar-refractivity contribution >= 4 is 33.5 Å². The Bertz CT molecular complexity index is 515. The Morgan fingerprint density at radius 3 is 2.89 bits per heavy atom. The summed E-state index contributed by atoms with van der Waals surface area (Å²) in [5.41, 5.74) is 1.87. The first-order valence-corrected chi connectivity index (χ1v) is 7.05. The van der Waals surface area contributed by atoms with Crippen LogP contribution in [0.1, 0.15) is 18.9 Å². The van der Waals surface area contributed by atoms with Crippen LogP contribution in [0, 0.1) is 12.8 Å². The van der Waals surface area contributed by atoms with Crippen LogP contribution in [0.3, 0.4) is 0 Å². The molecule has 1 aliphatic heterocycles. The Morgan fingerprint density at radius 1 is 1.53 bits per heavy atom. The largest absolute Gasteiger partial charge is 0.466 e. The third-order valence-corrected chi connectivity index (χ3v) is 3.69. The molecule has 4 nitrogen and oxygen atoms in total. The molecule has 0 aromatic heterocycles. The quantitative estimate of drug-likeness (QED) is 0.803. The summed E-state index contributed by atoms with van der Waals surface area (Å²) >= 11 is 3.40. The standard InChI is InChI=1S/C14H16BrNO3/c1-3-19-14(18)10-7-13(17)16(8-10)12-5-4-11(15)6-9(12)2/h4-6,10H,3,7-8H2,1-2H3. The number of esters is 1. The van der Waals surface area contributed by atoms with Gasteiger partial charge in [0.15, 0.2) is 0 Å². The van der Waals surface area contributed by atoms with Crippen LogP contribution in [0.15, 0.2) is 22.7 Å². The van der Waals surface area contributed by atoms with Crippen LogP contribution >= 0.6 is 15.9 Å². The number of hydrogen-bond acceptors (Lipinski definition) is 3. The molecule has 1 amide bonds. The molecule has 1 atom stereocenters. The molecule has 0 N–H and O–H groups in total. The smallest absolute Gasteiger partial charge is 0.311 e. The van der Waals surface area contributed by atoms with E-state index >= 15 is 0 Å². The van der Waals surface area contributed by atoms with Crippen molar-refractivity contribution in [2.75, 3.05) is 18.1 Å². The molecular weight excluding hydrogens is 310 g/mol. The number of ether oxygens (including phenoxy) is 1. The number of amides is 1. The second-order valence-electron chi connectivity index (χ2n) is 4.59. The van der Waals surface area contributed by atoms with Crippen LogP contribution in [-0.4, -0.2) is 25.0 Å². The van der Waals surface area contributed by atoms with Gasteiger partial charge in [0.2, 0.25) is 5.91 Å². The maximum absolute atomic E-state index is 12.0. The van der Waals surface area contributed by atoms with Crippen molar-refractivity contribution in [2.45, 2.75) is 20.3 Å². The van der Waals surface area contributed by atoms with Gasteiger partial charge in [0.25, 0.3) is 0 Å². The zero-order chi connectivity index (χ0) is 14.0. The molecule has 0 aliphatic carbocycles. The SMILES string of the molecule is CCOC(=O)C1CC(=O)N(c2ccc(Br)cc2C)C1. The van der Waals surface area contributed by atoms with Gasteiger partial charge in [-0.3, -0.25) is 9.59 Å². The number of hydrogen-bond donors (Lipinski definition) is 0. The average Bonchev–Trinajstić information content (AvgIpc) is 2.72. The van der Waals surface area contributed by atoms with Gasteiger partial charge in [-0.05, 0) is 37.6 Å². The number of halogens is 1. The third kappa shape index (κ3) is 2.97. The van der Waals surface area contributed by atoms with Gasteiger partial charge in [-0.25, -0.2) is 0 Å². The van der Waals surface area contributed by atoms with E-state index < -0.39 is 0 Å². The fraction of sp³-hybridized carbons (Fsp3) is 0.429. The van der Waals surface area contributed by atoms with Crippen LogP contribution in [0.4, 0.5) is 5.69 Å². The number of benzene rings is 1. The lowest BCUT2D eigenvalue weighted by molar-refractivity contribution is -0.147. The maximum atomic E-state index is 12.0. The topological polar surface area (TPSA) is 46.6 Å². The van der Waals surface area contributed by atoms with Crippen molar-refractivity contribution in [2.24, 2.45) is 5.92 Å². The minimum atomic E-state index is -0.351. The van der Waals surface area contributed by atoms with Gasteiger partial charge in [-0.1, -0.05) is 15.9 Å². The third-order valence-electron chi connectivity index (χ3n) is 3.19. The monoisotopic (exact) mass is 325 g/mol. The lowest BCUT2D eigenvalue weighted by Crippen LogP contribution is -2.27. The minimum absolute atomic E-state index is 0.0246. The normalized spacial score (nSPS) is 18.8. The van der Waals surface area contributed by atoms with E-state index in [4.69, 9.17) is 4.74 Å². The number of carbonyl (C=O) groups excluding carboxylic acids is 2. The van der Waals surface area contributed by atoms with Gasteiger partial charge in [0.1, 0.15) is 0 Å². The maximum Gasteiger partial charge on any atom is 0.311 e. The molecule has 0 bridgehead atoms. The molecular formula is C14H16BrNO3. The zero-order valence-electron chi connectivity index (χ0n) is 11.0. The van der Waals surface area contributed by atoms with E-state index in [1.54, 1.807) is 11.8 Å². The van der Waals surface area contributed by atoms with Gasteiger partial charge in [-0.2, -0.15) is 0 Å². The number of nitrogens with zero attached hydrogens (tertiary/aromatic N) is 1. The molecule has 0 spiro atoms. The number of carbonyl (C=O) groups is 2. The molecule has 1 heterocycles. The van der Waals surface area contributed by atoms with E-state index in [9.17, 15) is 9.59 Å². The van der Waals surface area contributed by atoms with Crippen molar-refractivity contribution in [3.63, 3.8) is 0 Å². The Balaban J connectivity index is 2.18. The molecule has 1 saturated heterocycles. The van der Waals surface area contributed by atoms with Gasteiger partial charge in [0.05, 0.1) is 12.5 Å². The summed E-state index contributed by atoms with van der Waals surface area (Å²) in [5, 5.41) is 0. The van der Waals surface area contributed by atoms with E-state index in [-0.39, 0.29) is 24.2 Å². The van der Waals surface area contributed by atoms with Gasteiger partial charge < -0.3 is 9.64 Å². The Hall–Kier alpha value is -1.36. The van der Waals surface area contributed by atoms with Crippen molar-refractivity contribution in [3.05, 3.63) is 28.2 Å². The van der Waals surface area contributed by atoms with Crippen LogP contribution in [0.25, 0.3) is 0 Å². The summed E-state index contributed by atoms with van der Waals surface area (Å²) in [6, 6.07) is 5.75. The summed E-state index contributed by atoms with van der Waals surface area (Å²) < 4.78 is 5.96. The van der Waals surface area contributed by atoms with Gasteiger partial charge in [0, 0.05) is 23.1 Å². The fourth-order valence-corrected chi connectivity index (χ4v) is 2.76. The highest BCUT2D eigenvalue weighted by atomic mass is 79.9. The van der Waals surface area contributed by atoms with E-state index in [0.717, 1.165) is 15.7 Å². The second kappa shape index (κ2) is 5.74. The van der Waals surface area contributed by atoms with Crippen molar-refractivity contribution in [3.8, 4) is 0 Å². The number of rotatable bonds is 3. The van der Waals surface area contributed by atoms with E-state index in [0.29, 0.717) is 13.2 Å². The fourth-order valence-electron chi connectivity index (χ4n) is 2.28. The highest BCUT2D eigenvalue weighted by molar-refractivity contribution is 9.10. The van der Waals surface area contributed by atoms with E-state index in [1.807, 2.05) is 25.1 Å². The van der Waals surface area contributed by atoms with Gasteiger partial charge in [-0.15, -0.1) is 0 Å². The highest BCUT2D eigenvalue weighted by Gasteiger charge is 2.36. The molecule has 1 aromatic carbocycles. The molecule has 0 radical (unpaired) electrons. The first kappa shape index (κ1) is 14.1. The summed E-state index contributed by atoms with van der Waals surface area (Å²) in [6.07, 6.45) is 0.230. The van der Waals surface area contributed by atoms with Crippen LogP contribution in [0.5, 0.6) is 0 Å². The molecule has 102 valence electrons. The second-order valence-corrected chi connectivity index (χ2v) is 5.50. The Morgan fingerprint density at radius 2 is 2.26 bits per heavy atom. The molecule has 0 saturated carbocycles. The van der Waals surface area contributed by atoms with Crippen molar-refractivity contribution in [1.82, 2.24) is 0 Å². The van der Waals surface area contributed by atoms with E-state index in [2.05, 4.69) is 15.9 Å². The van der Waals surface area contributed by atoms with Gasteiger partial charge >= 0.3 is 5.97 Å². The number of anilines is 1. The number of aryl methyl sites for hydroxylation is 1. The van der Waals surface area contributed by atoms with E-state index in [1.165, 1.54) is 0 Å². The summed E-state index contributed by atoms with van der Waals surface area (Å²) in [5.74, 6) is -0.660. The molecule has 19 heavy (non-hydrogen) atoms. The predicted octanol–water partition coefficient (Wildman–Crippen LogP) is 2.67. The average molecular weight is 326 g/mol. The zero-order valence-corrected chi connectivity index (χ0v) is 12.6. The molecule has 1 aliphatic rings. The highest BCUT2D eigenvalue weighted by Crippen LogP contribution is 2.30. The first-order valence-electron chi connectivity index (χ1n) is 6.26. The molecule has 2 rings (SSSR count). The lowest BCUT2D eigenvalue weighted by Gasteiger charge is -2.19. The summed E-state index contributed by atoms with van der Waals surface area (Å²) in [4.78, 5) is 25.4. The van der Waals surface area contributed by atoms with Crippen LogP contribution in [0.2, 0.25) is 0 Å². The Kier molecular flexibility index (Phi) is 4.24. The molecule has 1 fully saturated rings. The summed E-state index contributed by atoms with van der Waals surface area (Å²) in [6.45, 7) is 4.47. The predicted molar refractivity (Wildman–Crippen MR) is 76.0 cm³/mol. The van der Waals surface area contributed by atoms with Crippen molar-refractivity contribution < 1.29 is 14.3 Å². The molecule has 1 aromatic rings. The van der Waals surface area contributed by atoms with Crippen LogP contribution in [-0.2, 0) is 14.3 Å². The summed E-state index contributed by atoms with van der Waals surface area (Å²) in [7, 11) is 0. The first-order chi connectivity index (χ1) is 9.02. The molecule has 1 unspecified atom stereocenters. The molecule has 5 heteroatoms. The van der Waals surface area contributed by atoms with Crippen molar-refractivity contribution in [1.29, 1.82) is 0 Å². The minimum Gasteiger partial charge on any atom is -0.466 e.